The zero-order chi connectivity index (χ0) is 11.4. The van der Waals surface area contributed by atoms with Gasteiger partial charge in [-0.2, -0.15) is 5.10 Å². The maximum atomic E-state index is 8.85. The molecule has 2 aromatic rings. The van der Waals surface area contributed by atoms with Crippen molar-refractivity contribution in [1.82, 2.24) is 9.78 Å². The molecule has 4 heteroatoms. The quantitative estimate of drug-likeness (QED) is 0.804. The van der Waals surface area contributed by atoms with E-state index in [1.807, 2.05) is 30.3 Å². The minimum Gasteiger partial charge on any atom is -0.396 e. The first-order valence-corrected chi connectivity index (χ1v) is 5.26. The topological polar surface area (TPSA) is 64.1 Å². The SMILES string of the molecule is Nc1c(CCO)cnn1Cc1ccccc1. The van der Waals surface area contributed by atoms with Gasteiger partial charge in [-0.25, -0.2) is 4.68 Å². The van der Waals surface area contributed by atoms with Crippen LogP contribution in [0.2, 0.25) is 0 Å². The average molecular weight is 217 g/mol. The van der Waals surface area contributed by atoms with Gasteiger partial charge in [0.05, 0.1) is 12.7 Å². The molecule has 2 rings (SSSR count). The first-order valence-electron chi connectivity index (χ1n) is 5.26. The fourth-order valence-electron chi connectivity index (χ4n) is 1.63. The molecule has 3 N–H and O–H groups in total. The summed E-state index contributed by atoms with van der Waals surface area (Å²) in [5.41, 5.74) is 7.99. The Morgan fingerprint density at radius 1 is 1.25 bits per heavy atom. The largest absolute Gasteiger partial charge is 0.396 e. The highest BCUT2D eigenvalue weighted by molar-refractivity contribution is 5.39. The summed E-state index contributed by atoms with van der Waals surface area (Å²) >= 11 is 0. The van der Waals surface area contributed by atoms with Gasteiger partial charge in [-0.05, 0) is 5.56 Å². The van der Waals surface area contributed by atoms with E-state index in [1.165, 1.54) is 0 Å². The van der Waals surface area contributed by atoms with Crippen molar-refractivity contribution in [2.75, 3.05) is 12.3 Å². The molecule has 0 atom stereocenters. The van der Waals surface area contributed by atoms with Crippen LogP contribution in [0.5, 0.6) is 0 Å². The molecule has 1 aromatic carbocycles. The van der Waals surface area contributed by atoms with Crippen LogP contribution in [0.4, 0.5) is 5.82 Å². The second-order valence-corrected chi connectivity index (χ2v) is 3.67. The molecule has 0 bridgehead atoms. The standard InChI is InChI=1S/C12H15N3O/c13-12-11(6-7-16)8-14-15(12)9-10-4-2-1-3-5-10/h1-5,8,16H,6-7,9,13H2. The van der Waals surface area contributed by atoms with Crippen LogP contribution in [0.15, 0.2) is 36.5 Å². The van der Waals surface area contributed by atoms with E-state index in [2.05, 4.69) is 5.10 Å². The van der Waals surface area contributed by atoms with Crippen LogP contribution in [0.3, 0.4) is 0 Å². The molecule has 1 heterocycles. The Morgan fingerprint density at radius 3 is 2.69 bits per heavy atom. The van der Waals surface area contributed by atoms with Gasteiger partial charge in [0.15, 0.2) is 0 Å². The fraction of sp³-hybridized carbons (Fsp3) is 0.250. The van der Waals surface area contributed by atoms with Crippen molar-refractivity contribution in [2.24, 2.45) is 0 Å². The molecule has 0 aliphatic rings. The number of rotatable bonds is 4. The summed E-state index contributed by atoms with van der Waals surface area (Å²) < 4.78 is 1.75. The summed E-state index contributed by atoms with van der Waals surface area (Å²) in [5.74, 6) is 0.637. The molecule has 0 saturated carbocycles. The summed E-state index contributed by atoms with van der Waals surface area (Å²) in [6.45, 7) is 0.763. The van der Waals surface area contributed by atoms with E-state index in [0.29, 0.717) is 18.8 Å². The number of hydrogen-bond donors (Lipinski definition) is 2. The van der Waals surface area contributed by atoms with E-state index in [0.717, 1.165) is 11.1 Å². The number of anilines is 1. The molecule has 1 aromatic heterocycles. The first kappa shape index (κ1) is 10.7. The van der Waals surface area contributed by atoms with Crippen LogP contribution in [-0.2, 0) is 13.0 Å². The van der Waals surface area contributed by atoms with Crippen LogP contribution < -0.4 is 5.73 Å². The summed E-state index contributed by atoms with van der Waals surface area (Å²) in [6.07, 6.45) is 2.27. The number of benzene rings is 1. The van der Waals surface area contributed by atoms with Crippen LogP contribution in [0.1, 0.15) is 11.1 Å². The van der Waals surface area contributed by atoms with Crippen molar-refractivity contribution in [3.05, 3.63) is 47.7 Å². The molecule has 0 radical (unpaired) electrons. The summed E-state index contributed by atoms with van der Waals surface area (Å²) in [6, 6.07) is 10.0. The van der Waals surface area contributed by atoms with Crippen molar-refractivity contribution in [2.45, 2.75) is 13.0 Å². The Kier molecular flexibility index (Phi) is 3.22. The van der Waals surface area contributed by atoms with Gasteiger partial charge in [-0.3, -0.25) is 0 Å². The maximum Gasteiger partial charge on any atom is 0.125 e. The van der Waals surface area contributed by atoms with Crippen LogP contribution in [0.25, 0.3) is 0 Å². The Bertz CT molecular complexity index is 451. The summed E-state index contributed by atoms with van der Waals surface area (Å²) in [5, 5.41) is 13.1. The van der Waals surface area contributed by atoms with Crippen molar-refractivity contribution >= 4 is 5.82 Å². The van der Waals surface area contributed by atoms with Crippen molar-refractivity contribution in [3.63, 3.8) is 0 Å². The number of nitrogens with zero attached hydrogens (tertiary/aromatic N) is 2. The number of aromatic nitrogens is 2. The van der Waals surface area contributed by atoms with E-state index in [-0.39, 0.29) is 6.61 Å². The lowest BCUT2D eigenvalue weighted by molar-refractivity contribution is 0.300. The predicted molar refractivity (Wildman–Crippen MR) is 63.0 cm³/mol. The van der Waals surface area contributed by atoms with Gasteiger partial charge in [0.25, 0.3) is 0 Å². The molecule has 0 fully saturated rings. The van der Waals surface area contributed by atoms with Crippen LogP contribution in [-0.4, -0.2) is 21.5 Å². The fourth-order valence-corrected chi connectivity index (χ4v) is 1.63. The molecular formula is C12H15N3O. The number of hydrogen-bond acceptors (Lipinski definition) is 3. The molecule has 0 spiro atoms. The van der Waals surface area contributed by atoms with E-state index >= 15 is 0 Å². The third-order valence-electron chi connectivity index (χ3n) is 2.52. The highest BCUT2D eigenvalue weighted by Gasteiger charge is 2.06. The van der Waals surface area contributed by atoms with Crippen molar-refractivity contribution in [1.29, 1.82) is 0 Å². The Balaban J connectivity index is 2.16. The highest BCUT2D eigenvalue weighted by Crippen LogP contribution is 2.13. The van der Waals surface area contributed by atoms with Crippen molar-refractivity contribution in [3.8, 4) is 0 Å². The monoisotopic (exact) mass is 217 g/mol. The average Bonchev–Trinajstić information content (AvgIpc) is 2.64. The predicted octanol–water partition coefficient (Wildman–Crippen LogP) is 1.05. The minimum atomic E-state index is 0.0984. The molecule has 0 aliphatic heterocycles. The lowest BCUT2D eigenvalue weighted by Gasteiger charge is -2.04. The Hall–Kier alpha value is -1.81. The lowest BCUT2D eigenvalue weighted by atomic mass is 10.2. The first-order chi connectivity index (χ1) is 7.81. The molecule has 16 heavy (non-hydrogen) atoms. The number of aliphatic hydroxyl groups is 1. The van der Waals surface area contributed by atoms with E-state index in [1.54, 1.807) is 10.9 Å². The number of nitrogen functional groups attached to an aromatic ring is 1. The maximum absolute atomic E-state index is 8.85. The van der Waals surface area contributed by atoms with Gasteiger partial charge in [0.1, 0.15) is 5.82 Å². The van der Waals surface area contributed by atoms with Gasteiger partial charge in [0, 0.05) is 18.6 Å². The molecule has 0 aliphatic carbocycles. The van der Waals surface area contributed by atoms with Gasteiger partial charge < -0.3 is 10.8 Å². The van der Waals surface area contributed by atoms with Crippen LogP contribution in [0, 0.1) is 0 Å². The van der Waals surface area contributed by atoms with Crippen molar-refractivity contribution < 1.29 is 5.11 Å². The number of aliphatic hydroxyl groups excluding tert-OH is 1. The third kappa shape index (κ3) is 2.23. The van der Waals surface area contributed by atoms with Gasteiger partial charge >= 0.3 is 0 Å². The normalized spacial score (nSPS) is 10.6. The molecule has 0 unspecified atom stereocenters. The minimum absolute atomic E-state index is 0.0984. The Labute approximate surface area is 94.3 Å². The lowest BCUT2D eigenvalue weighted by Crippen LogP contribution is -2.07. The summed E-state index contributed by atoms with van der Waals surface area (Å²) in [7, 11) is 0. The van der Waals surface area contributed by atoms with Gasteiger partial charge in [0.2, 0.25) is 0 Å². The van der Waals surface area contributed by atoms with Gasteiger partial charge in [-0.1, -0.05) is 30.3 Å². The molecular weight excluding hydrogens is 202 g/mol. The zero-order valence-electron chi connectivity index (χ0n) is 9.00. The Morgan fingerprint density at radius 2 is 2.00 bits per heavy atom. The molecule has 0 amide bonds. The molecule has 84 valence electrons. The van der Waals surface area contributed by atoms with E-state index < -0.39 is 0 Å². The molecule has 4 nitrogen and oxygen atoms in total. The second kappa shape index (κ2) is 4.81. The van der Waals surface area contributed by atoms with Crippen LogP contribution >= 0.6 is 0 Å². The zero-order valence-corrected chi connectivity index (χ0v) is 9.00. The smallest absolute Gasteiger partial charge is 0.125 e. The molecule has 0 saturated heterocycles. The third-order valence-corrected chi connectivity index (χ3v) is 2.52. The number of nitrogens with two attached hydrogens (primary N) is 1. The summed E-state index contributed by atoms with van der Waals surface area (Å²) in [4.78, 5) is 0. The highest BCUT2D eigenvalue weighted by atomic mass is 16.2. The van der Waals surface area contributed by atoms with E-state index in [4.69, 9.17) is 10.8 Å². The second-order valence-electron chi connectivity index (χ2n) is 3.67. The van der Waals surface area contributed by atoms with Gasteiger partial charge in [-0.15, -0.1) is 0 Å². The van der Waals surface area contributed by atoms with E-state index in [9.17, 15) is 0 Å².